The monoisotopic (exact) mass is 388 g/mol. The van der Waals surface area contributed by atoms with Crippen molar-refractivity contribution in [2.75, 3.05) is 18.9 Å². The number of likely N-dealkylation sites (N-methyl/N-ethyl adjacent to an activating group) is 1. The highest BCUT2D eigenvalue weighted by atomic mass is 79.9. The summed E-state index contributed by atoms with van der Waals surface area (Å²) in [5.41, 5.74) is 3.47. The summed E-state index contributed by atoms with van der Waals surface area (Å²) in [4.78, 5) is 26.0. The SMILES string of the molecule is CCc1ccc(C(=O)N(C)CC(=O)Nc2ccc(Br)cc2C)cc1. The molecule has 0 saturated carbocycles. The highest BCUT2D eigenvalue weighted by molar-refractivity contribution is 9.10. The zero-order valence-electron chi connectivity index (χ0n) is 14.1. The molecule has 2 aromatic carbocycles. The van der Waals surface area contributed by atoms with Gasteiger partial charge in [-0.15, -0.1) is 0 Å². The summed E-state index contributed by atoms with van der Waals surface area (Å²) in [5, 5.41) is 2.84. The van der Waals surface area contributed by atoms with Gasteiger partial charge in [0.05, 0.1) is 6.54 Å². The van der Waals surface area contributed by atoms with Crippen LogP contribution in [0.25, 0.3) is 0 Å². The van der Waals surface area contributed by atoms with E-state index in [0.717, 1.165) is 22.1 Å². The number of hydrogen-bond donors (Lipinski definition) is 1. The first-order valence-corrected chi connectivity index (χ1v) is 8.60. The van der Waals surface area contributed by atoms with Crippen LogP contribution in [0, 0.1) is 6.92 Å². The molecular weight excluding hydrogens is 368 g/mol. The van der Waals surface area contributed by atoms with Crippen LogP contribution in [0.2, 0.25) is 0 Å². The fourth-order valence-electron chi connectivity index (χ4n) is 2.35. The predicted molar refractivity (Wildman–Crippen MR) is 100 cm³/mol. The lowest BCUT2D eigenvalue weighted by Crippen LogP contribution is -2.35. The van der Waals surface area contributed by atoms with E-state index in [1.807, 2.05) is 37.3 Å². The molecule has 0 saturated heterocycles. The number of halogens is 1. The van der Waals surface area contributed by atoms with Crippen LogP contribution >= 0.6 is 15.9 Å². The van der Waals surface area contributed by atoms with Gasteiger partial charge in [-0.05, 0) is 54.8 Å². The van der Waals surface area contributed by atoms with Gasteiger partial charge in [0.15, 0.2) is 0 Å². The molecule has 0 atom stereocenters. The summed E-state index contributed by atoms with van der Waals surface area (Å²) >= 11 is 3.39. The molecule has 0 fully saturated rings. The topological polar surface area (TPSA) is 49.4 Å². The second-order valence-corrected chi connectivity index (χ2v) is 6.63. The minimum atomic E-state index is -0.221. The fourth-order valence-corrected chi connectivity index (χ4v) is 2.82. The second-order valence-electron chi connectivity index (χ2n) is 5.72. The molecule has 0 bridgehead atoms. The Kier molecular flexibility index (Phi) is 6.15. The average molecular weight is 389 g/mol. The molecule has 2 aromatic rings. The minimum absolute atomic E-state index is 0.00384. The maximum absolute atomic E-state index is 12.4. The van der Waals surface area contributed by atoms with Crippen LogP contribution in [0.1, 0.15) is 28.4 Å². The number of nitrogens with zero attached hydrogens (tertiary/aromatic N) is 1. The number of benzene rings is 2. The number of carbonyl (C=O) groups excluding carboxylic acids is 2. The van der Waals surface area contributed by atoms with Gasteiger partial charge in [0.25, 0.3) is 5.91 Å². The van der Waals surface area contributed by atoms with Crippen molar-refractivity contribution in [2.24, 2.45) is 0 Å². The van der Waals surface area contributed by atoms with Gasteiger partial charge in [-0.25, -0.2) is 0 Å². The van der Waals surface area contributed by atoms with Crippen molar-refractivity contribution in [1.29, 1.82) is 0 Å². The maximum atomic E-state index is 12.4. The van der Waals surface area contributed by atoms with Gasteiger partial charge in [-0.2, -0.15) is 0 Å². The van der Waals surface area contributed by atoms with E-state index in [9.17, 15) is 9.59 Å². The zero-order valence-corrected chi connectivity index (χ0v) is 15.7. The highest BCUT2D eigenvalue weighted by Crippen LogP contribution is 2.20. The van der Waals surface area contributed by atoms with E-state index in [4.69, 9.17) is 0 Å². The Morgan fingerprint density at radius 3 is 2.38 bits per heavy atom. The molecule has 2 rings (SSSR count). The summed E-state index contributed by atoms with van der Waals surface area (Å²) in [5.74, 6) is -0.387. The summed E-state index contributed by atoms with van der Waals surface area (Å²) < 4.78 is 0.959. The van der Waals surface area contributed by atoms with Gasteiger partial charge < -0.3 is 10.2 Å². The van der Waals surface area contributed by atoms with E-state index >= 15 is 0 Å². The van der Waals surface area contributed by atoms with Gasteiger partial charge in [0.1, 0.15) is 0 Å². The number of amides is 2. The van der Waals surface area contributed by atoms with Crippen molar-refractivity contribution in [1.82, 2.24) is 4.90 Å². The number of carbonyl (C=O) groups is 2. The van der Waals surface area contributed by atoms with Crippen molar-refractivity contribution in [3.05, 3.63) is 63.6 Å². The van der Waals surface area contributed by atoms with E-state index in [0.29, 0.717) is 5.56 Å². The molecule has 0 heterocycles. The lowest BCUT2D eigenvalue weighted by Gasteiger charge is -2.17. The van der Waals surface area contributed by atoms with Crippen molar-refractivity contribution in [3.63, 3.8) is 0 Å². The molecule has 126 valence electrons. The number of aryl methyl sites for hydroxylation is 2. The molecule has 24 heavy (non-hydrogen) atoms. The number of anilines is 1. The quantitative estimate of drug-likeness (QED) is 0.840. The minimum Gasteiger partial charge on any atom is -0.332 e. The standard InChI is InChI=1S/C19H21BrN2O2/c1-4-14-5-7-15(8-6-14)19(24)22(3)12-18(23)21-17-10-9-16(20)11-13(17)2/h5-11H,4,12H2,1-3H3,(H,21,23). The van der Waals surface area contributed by atoms with Gasteiger partial charge in [-0.1, -0.05) is 35.0 Å². The largest absolute Gasteiger partial charge is 0.332 e. The molecule has 0 aliphatic carbocycles. The van der Waals surface area contributed by atoms with Gasteiger partial charge in [-0.3, -0.25) is 9.59 Å². The summed E-state index contributed by atoms with van der Waals surface area (Å²) in [6, 6.07) is 13.1. The van der Waals surface area contributed by atoms with Crippen molar-refractivity contribution in [3.8, 4) is 0 Å². The van der Waals surface area contributed by atoms with Crippen molar-refractivity contribution in [2.45, 2.75) is 20.3 Å². The van der Waals surface area contributed by atoms with Crippen LogP contribution in [-0.4, -0.2) is 30.3 Å². The molecule has 2 amide bonds. The summed E-state index contributed by atoms with van der Waals surface area (Å²) in [7, 11) is 1.63. The van der Waals surface area contributed by atoms with Crippen LogP contribution in [0.4, 0.5) is 5.69 Å². The lowest BCUT2D eigenvalue weighted by molar-refractivity contribution is -0.116. The summed E-state index contributed by atoms with van der Waals surface area (Å²) in [6.45, 7) is 3.99. The predicted octanol–water partition coefficient (Wildman–Crippen LogP) is 4.03. The third-order valence-electron chi connectivity index (χ3n) is 3.80. The van der Waals surface area contributed by atoms with E-state index in [1.165, 1.54) is 10.5 Å². The molecule has 5 heteroatoms. The van der Waals surface area contributed by atoms with Gasteiger partial charge >= 0.3 is 0 Å². The molecule has 1 N–H and O–H groups in total. The van der Waals surface area contributed by atoms with E-state index in [-0.39, 0.29) is 18.4 Å². The average Bonchev–Trinajstić information content (AvgIpc) is 2.56. The Bertz CT molecular complexity index is 742. The van der Waals surface area contributed by atoms with E-state index < -0.39 is 0 Å². The number of rotatable bonds is 5. The first kappa shape index (κ1) is 18.2. The van der Waals surface area contributed by atoms with Crippen molar-refractivity contribution < 1.29 is 9.59 Å². The van der Waals surface area contributed by atoms with E-state index in [2.05, 4.69) is 28.2 Å². The van der Waals surface area contributed by atoms with Crippen LogP contribution in [0.3, 0.4) is 0 Å². The number of hydrogen-bond acceptors (Lipinski definition) is 2. The second kappa shape index (κ2) is 8.11. The van der Waals surface area contributed by atoms with Gasteiger partial charge in [0.2, 0.25) is 5.91 Å². The molecule has 0 spiro atoms. The Labute approximate surface area is 151 Å². The number of nitrogens with one attached hydrogen (secondary N) is 1. The molecule has 0 aliphatic rings. The Balaban J connectivity index is 1.98. The maximum Gasteiger partial charge on any atom is 0.254 e. The van der Waals surface area contributed by atoms with Crippen LogP contribution in [0.15, 0.2) is 46.9 Å². The highest BCUT2D eigenvalue weighted by Gasteiger charge is 2.15. The molecule has 0 aromatic heterocycles. The smallest absolute Gasteiger partial charge is 0.254 e. The first-order chi connectivity index (χ1) is 11.4. The fraction of sp³-hybridized carbons (Fsp3) is 0.263. The third-order valence-corrected chi connectivity index (χ3v) is 4.29. The molecule has 0 radical (unpaired) electrons. The van der Waals surface area contributed by atoms with E-state index in [1.54, 1.807) is 19.2 Å². The normalized spacial score (nSPS) is 10.3. The van der Waals surface area contributed by atoms with Crippen LogP contribution in [0.5, 0.6) is 0 Å². The molecule has 0 unspecified atom stereocenters. The zero-order chi connectivity index (χ0) is 17.7. The first-order valence-electron chi connectivity index (χ1n) is 7.81. The Morgan fingerprint density at radius 2 is 1.79 bits per heavy atom. The Hall–Kier alpha value is -2.14. The molecule has 4 nitrogen and oxygen atoms in total. The Morgan fingerprint density at radius 1 is 1.12 bits per heavy atom. The molecular formula is C19H21BrN2O2. The van der Waals surface area contributed by atoms with Crippen LogP contribution < -0.4 is 5.32 Å². The third kappa shape index (κ3) is 4.68. The lowest BCUT2D eigenvalue weighted by atomic mass is 10.1. The summed E-state index contributed by atoms with van der Waals surface area (Å²) in [6.07, 6.45) is 0.930. The molecule has 0 aliphatic heterocycles. The van der Waals surface area contributed by atoms with Crippen molar-refractivity contribution >= 4 is 33.4 Å². The van der Waals surface area contributed by atoms with Gasteiger partial charge in [0, 0.05) is 22.8 Å². The van der Waals surface area contributed by atoms with Crippen LogP contribution in [-0.2, 0) is 11.2 Å².